The van der Waals surface area contributed by atoms with E-state index in [2.05, 4.69) is 72.7 Å². The van der Waals surface area contributed by atoms with E-state index in [1.54, 1.807) is 50.1 Å². The van der Waals surface area contributed by atoms with Crippen LogP contribution in [0.3, 0.4) is 0 Å². The molecule has 3 spiro atoms. The topological polar surface area (TPSA) is 410 Å². The third-order valence-electron chi connectivity index (χ3n) is 29.6. The minimum atomic E-state index is -1.04. The summed E-state index contributed by atoms with van der Waals surface area (Å²) in [5, 5.41) is 26.1. The smallest absolute Gasteiger partial charge is 0.407 e. The molecule has 732 valence electrons. The number of anilines is 8. The van der Waals surface area contributed by atoms with Crippen molar-refractivity contribution in [3.63, 3.8) is 0 Å². The second kappa shape index (κ2) is 38.8. The van der Waals surface area contributed by atoms with Crippen molar-refractivity contribution in [1.82, 2.24) is 84.9 Å². The monoisotopic (exact) mass is 1890 g/mol. The van der Waals surface area contributed by atoms with Crippen molar-refractivity contribution in [3.05, 3.63) is 101 Å². The number of aliphatic imine (C=N–C) groups is 1. The Labute approximate surface area is 800 Å². The summed E-state index contributed by atoms with van der Waals surface area (Å²) in [5.41, 5.74) is 15.8. The Balaban J connectivity index is 0.000000143. The lowest BCUT2D eigenvalue weighted by Crippen LogP contribution is -2.55. The van der Waals surface area contributed by atoms with E-state index in [0.717, 1.165) is 230 Å². The molecule has 2 unspecified atom stereocenters. The first kappa shape index (κ1) is 96.8. The zero-order chi connectivity index (χ0) is 95.1. The first-order valence-electron chi connectivity index (χ1n) is 48.5. The van der Waals surface area contributed by atoms with Crippen molar-refractivity contribution in [3.8, 4) is 0 Å². The van der Waals surface area contributed by atoms with E-state index in [1.165, 1.54) is 0 Å². The van der Waals surface area contributed by atoms with E-state index < -0.39 is 29.4 Å². The number of nitrogens with two attached hydrogens (primary N) is 1. The van der Waals surface area contributed by atoms with E-state index in [1.807, 2.05) is 108 Å². The SMILES string of the molecule is C[C@@H]1OCC2(CCN(c3cnc4c(N5CC[C@H](C)c6nc(C(=O)N(C)C)ccc65)nn(C5CCCCO5)c4n3)CC2)[C@@H]1NC(=O)OC(C)(C)C.C[C@@H]1OCC2(CCN(c3cnc4c(N5CC[C@H](C)c6nc(C(=O)O)ccc65)nn(C5CCCCO5)c4n3)CC2)[C@@H]1NC(=O)OC(C)(C)C.C[C@@H]1OCC2(CCN(c3cnc4c(n3)CN=C4N3CC[C@H](C)c4nc(C(=O)N(C)C)ccc43)CC2)[C@@H]1N.Cl. The summed E-state index contributed by atoms with van der Waals surface area (Å²) in [6.45, 7) is 34.5. The molecule has 4 amide bonds. The molecule has 39 heteroatoms. The second-order valence-electron chi connectivity index (χ2n) is 41.5. The number of rotatable bonds is 12. The number of amides is 4. The van der Waals surface area contributed by atoms with Crippen molar-refractivity contribution in [1.29, 1.82) is 0 Å². The summed E-state index contributed by atoms with van der Waals surface area (Å²) in [4.78, 5) is 128. The second-order valence-corrected chi connectivity index (χ2v) is 41.5. The number of aromatic nitrogens is 13. The first-order chi connectivity index (χ1) is 64.5. The Bertz CT molecular complexity index is 5790. The molecule has 38 nitrogen and oxygen atoms in total. The quantitative estimate of drug-likeness (QED) is 0.0882. The molecule has 0 bridgehead atoms. The fourth-order valence-electron chi connectivity index (χ4n) is 21.7. The van der Waals surface area contributed by atoms with Gasteiger partial charge in [0.2, 0.25) is 0 Å². The average molecular weight is 1890 g/mol. The number of amidine groups is 1. The number of ether oxygens (including phenoxy) is 7. The lowest BCUT2D eigenvalue weighted by Gasteiger charge is -2.42. The Morgan fingerprint density at radius 2 is 0.853 bits per heavy atom. The Morgan fingerprint density at radius 3 is 1.25 bits per heavy atom. The van der Waals surface area contributed by atoms with Gasteiger partial charge in [-0.25, -0.2) is 68.6 Å². The van der Waals surface area contributed by atoms with Crippen LogP contribution in [0.25, 0.3) is 22.3 Å². The molecule has 0 saturated carbocycles. The number of carboxylic acids is 1. The maximum absolute atomic E-state index is 12.8. The fourth-order valence-corrected chi connectivity index (χ4v) is 21.7. The summed E-state index contributed by atoms with van der Waals surface area (Å²) in [6.07, 6.45) is 17.9. The highest BCUT2D eigenvalue weighted by molar-refractivity contribution is 6.11. The number of hydrogen-bond donors (Lipinski definition) is 4. The summed E-state index contributed by atoms with van der Waals surface area (Å²) in [6, 6.07) is 10.8. The van der Waals surface area contributed by atoms with Crippen molar-refractivity contribution >= 4 is 117 Å². The number of pyridine rings is 3. The van der Waals surface area contributed by atoms with Crippen molar-refractivity contribution in [2.75, 3.05) is 150 Å². The van der Waals surface area contributed by atoms with Crippen LogP contribution in [0, 0.1) is 16.2 Å². The van der Waals surface area contributed by atoms with E-state index in [-0.39, 0.29) is 113 Å². The van der Waals surface area contributed by atoms with Crippen LogP contribution in [0.15, 0.2) is 60.0 Å². The number of carbonyl (C=O) groups is 5. The number of aromatic carboxylic acids is 1. The molecule has 12 aliphatic rings. The van der Waals surface area contributed by atoms with Gasteiger partial charge >= 0.3 is 18.2 Å². The van der Waals surface area contributed by atoms with Crippen LogP contribution in [0.5, 0.6) is 0 Å². The van der Waals surface area contributed by atoms with Gasteiger partial charge in [-0.05, 0) is 195 Å². The molecule has 8 saturated heterocycles. The Morgan fingerprint density at radius 1 is 0.471 bits per heavy atom. The highest BCUT2D eigenvalue weighted by Gasteiger charge is 2.54. The molecule has 11 atom stereocenters. The third-order valence-corrected chi connectivity index (χ3v) is 29.6. The van der Waals surface area contributed by atoms with Crippen LogP contribution in [-0.2, 0) is 39.7 Å². The number of carboxylic acid groups (broad SMARTS) is 1. The average Bonchev–Trinajstić information content (AvgIpc) is 1.59. The molecule has 20 rings (SSSR count). The van der Waals surface area contributed by atoms with E-state index >= 15 is 0 Å². The van der Waals surface area contributed by atoms with Gasteiger partial charge in [0.1, 0.15) is 51.4 Å². The molecule has 136 heavy (non-hydrogen) atoms. The molecule has 0 aromatic carbocycles. The zero-order valence-corrected chi connectivity index (χ0v) is 82.2. The summed E-state index contributed by atoms with van der Waals surface area (Å²) < 4.78 is 45.5. The molecule has 8 aromatic rings. The number of hydrogen-bond acceptors (Lipinski definition) is 31. The fraction of sp³-hybridized carbons (Fsp3) is 0.639. The van der Waals surface area contributed by atoms with Crippen LogP contribution in [0.1, 0.15) is 270 Å². The minimum Gasteiger partial charge on any atom is -0.477 e. The Hall–Kier alpha value is -10.9. The number of nitrogens with zero attached hydrogens (tertiary/aromatic N) is 22. The summed E-state index contributed by atoms with van der Waals surface area (Å²) in [7, 11) is 6.97. The molecule has 8 aromatic heterocycles. The normalized spacial score (nSPS) is 25.4. The number of piperidine rings is 3. The zero-order valence-electron chi connectivity index (χ0n) is 81.4. The van der Waals surface area contributed by atoms with Crippen LogP contribution >= 0.6 is 12.4 Å². The number of fused-ring (bicyclic) bond motifs is 6. The van der Waals surface area contributed by atoms with E-state index in [9.17, 15) is 29.1 Å². The molecular weight excluding hydrogens is 1760 g/mol. The van der Waals surface area contributed by atoms with Gasteiger partial charge in [0.05, 0.1) is 115 Å². The maximum Gasteiger partial charge on any atom is 0.407 e. The number of alkyl carbamates (subject to hydrolysis) is 2. The number of halogens is 1. The van der Waals surface area contributed by atoms with Crippen molar-refractivity contribution < 1.29 is 62.2 Å². The predicted molar refractivity (Wildman–Crippen MR) is 516 cm³/mol. The number of nitrogens with one attached hydrogen (secondary N) is 2. The molecular formula is C97H134ClN25O13. The van der Waals surface area contributed by atoms with E-state index in [4.69, 9.17) is 94.0 Å². The molecule has 20 heterocycles. The Kier molecular flexibility index (Phi) is 27.6. The third kappa shape index (κ3) is 19.2. The van der Waals surface area contributed by atoms with E-state index in [0.29, 0.717) is 79.1 Å². The lowest BCUT2D eigenvalue weighted by atomic mass is 9.73. The van der Waals surface area contributed by atoms with Gasteiger partial charge in [0.15, 0.2) is 52.3 Å². The maximum atomic E-state index is 12.8. The van der Waals surface area contributed by atoms with Gasteiger partial charge in [-0.1, -0.05) is 20.8 Å². The first-order valence-corrected chi connectivity index (χ1v) is 48.5. The van der Waals surface area contributed by atoms with Gasteiger partial charge in [-0.15, -0.1) is 22.6 Å². The minimum absolute atomic E-state index is 0. The van der Waals surface area contributed by atoms with Gasteiger partial charge in [0.25, 0.3) is 11.8 Å². The van der Waals surface area contributed by atoms with Crippen LogP contribution in [0.2, 0.25) is 0 Å². The largest absolute Gasteiger partial charge is 0.477 e. The van der Waals surface area contributed by atoms with Gasteiger partial charge < -0.3 is 93.8 Å². The van der Waals surface area contributed by atoms with Crippen molar-refractivity contribution in [2.45, 2.75) is 264 Å². The van der Waals surface area contributed by atoms with Crippen LogP contribution in [0.4, 0.5) is 55.7 Å². The molecule has 5 N–H and O–H groups in total. The molecule has 8 fully saturated rings. The van der Waals surface area contributed by atoms with Crippen LogP contribution in [-0.4, -0.2) is 283 Å². The standard InChI is InChI=1S/C36H51N9O5.C34H46N8O6.C27H36N8O2.ClH/c1-22-13-16-44(25-12-11-24(38-28(22)25)33(46)42(6)7)32-29-31(45(41-32)27-10-8-9-19-48-27)39-26(20-37-29)43-17-14-36(15-18-43)21-49-23(2)30(36)40-34(47)50-35(3,4)5;1-20-11-14-41(23-10-9-22(31(43)44)36-26(20)23)30-27-29(42(39-30)25-8-6-7-17-46-25)37-24(18-35-27)40-15-12-34(13-16-40)19-47-21(2)28(34)38-32(45)48-33(3,4)5;1-16-7-10-35(20-6-5-18(32-22(16)20)26(36)33(3)4)25-23-19(13-30-25)31-21(14-29-23)34-11-8-27(9-12-34)15-37-17(2)24(27)28;/h11-12,20,22-23,27,30H,8-10,13-19,21H2,1-7H3,(H,40,47);9-10,18,20-21,25,28H,6-8,11-17,19H2,1-5H3,(H,38,45)(H,43,44);5-6,14,16-17,24H,7-13,15,28H2,1-4H3;1H/t22-,23-,27?,30+;20-,21-,25?,28+;16-,17-,24+;/m000./s1. The summed E-state index contributed by atoms with van der Waals surface area (Å²) in [5.74, 6) is 4.02. The van der Waals surface area contributed by atoms with Crippen molar-refractivity contribution in [2.24, 2.45) is 27.0 Å². The molecule has 12 aliphatic heterocycles. The molecule has 0 aliphatic carbocycles. The summed E-state index contributed by atoms with van der Waals surface area (Å²) >= 11 is 0. The highest BCUT2D eigenvalue weighted by atomic mass is 35.5. The highest BCUT2D eigenvalue weighted by Crippen LogP contribution is 2.50. The lowest BCUT2D eigenvalue weighted by molar-refractivity contribution is -0.0369. The van der Waals surface area contributed by atoms with Crippen LogP contribution < -0.4 is 45.8 Å². The van der Waals surface area contributed by atoms with Gasteiger partial charge in [-0.2, -0.15) is 0 Å². The predicted octanol–water partition coefficient (Wildman–Crippen LogP) is 12.9. The molecule has 0 radical (unpaired) electrons. The van der Waals surface area contributed by atoms with Gasteiger partial charge in [-0.3, -0.25) is 14.6 Å². The van der Waals surface area contributed by atoms with Gasteiger partial charge in [0, 0.05) is 140 Å². The number of carbonyl (C=O) groups excluding carboxylic acids is 4.